The van der Waals surface area contributed by atoms with Crippen LogP contribution in [-0.4, -0.2) is 34.7 Å². The van der Waals surface area contributed by atoms with E-state index in [-0.39, 0.29) is 11.7 Å². The van der Waals surface area contributed by atoms with Crippen LogP contribution in [0.3, 0.4) is 0 Å². The van der Waals surface area contributed by atoms with Gasteiger partial charge in [0.25, 0.3) is 0 Å². The molecule has 5 nitrogen and oxygen atoms in total. The van der Waals surface area contributed by atoms with Gasteiger partial charge in [-0.15, -0.1) is 0 Å². The first-order valence-corrected chi connectivity index (χ1v) is 9.34. The van der Waals surface area contributed by atoms with E-state index in [9.17, 15) is 9.18 Å². The summed E-state index contributed by atoms with van der Waals surface area (Å²) >= 11 is 6.44. The number of carbonyl (C=O) groups is 1. The van der Waals surface area contributed by atoms with Gasteiger partial charge >= 0.3 is 0 Å². The van der Waals surface area contributed by atoms with Gasteiger partial charge in [0.2, 0.25) is 5.91 Å². The average Bonchev–Trinajstić information content (AvgIpc) is 3.00. The molecule has 3 aromatic rings. The largest absolute Gasteiger partial charge is 0.497 e. The zero-order valence-corrected chi connectivity index (χ0v) is 17.2. The molecule has 1 heterocycles. The minimum Gasteiger partial charge on any atom is -0.497 e. The maximum Gasteiger partial charge on any atom is 0.246 e. The molecule has 1 amide bonds. The lowest BCUT2D eigenvalue weighted by Crippen LogP contribution is -2.24. The van der Waals surface area contributed by atoms with E-state index in [2.05, 4.69) is 5.10 Å². The summed E-state index contributed by atoms with van der Waals surface area (Å²) in [5.74, 6) is 0.274. The molecule has 3 rings (SSSR count). The van der Waals surface area contributed by atoms with Gasteiger partial charge in [0.05, 0.1) is 18.5 Å². The van der Waals surface area contributed by atoms with E-state index in [4.69, 9.17) is 16.3 Å². The summed E-state index contributed by atoms with van der Waals surface area (Å²) in [6.07, 6.45) is 3.12. The van der Waals surface area contributed by atoms with Gasteiger partial charge in [-0.05, 0) is 55.0 Å². The Bertz CT molecular complexity index is 1030. The Balaban J connectivity index is 1.73. The van der Waals surface area contributed by atoms with Crippen molar-refractivity contribution >= 4 is 23.6 Å². The van der Waals surface area contributed by atoms with E-state index >= 15 is 0 Å². The first-order valence-electron chi connectivity index (χ1n) is 8.96. The standard InChI is InChI=1S/C22H21ClFN3O2/c1-15-20(22(23)27(25-15)18-8-6-17(24)7-9-18)12-13-21(28)26(2)14-16-4-10-19(29-3)11-5-16/h4-13H,14H2,1-3H3/b13-12+. The number of aromatic nitrogens is 2. The molecule has 0 aliphatic heterocycles. The Morgan fingerprint density at radius 3 is 2.48 bits per heavy atom. The summed E-state index contributed by atoms with van der Waals surface area (Å²) in [4.78, 5) is 14.1. The Morgan fingerprint density at radius 2 is 1.86 bits per heavy atom. The van der Waals surface area contributed by atoms with E-state index in [1.54, 1.807) is 44.2 Å². The lowest BCUT2D eigenvalue weighted by atomic mass is 10.2. The minimum absolute atomic E-state index is 0.161. The number of aryl methyl sites for hydroxylation is 1. The van der Waals surface area contributed by atoms with Crippen molar-refractivity contribution in [1.82, 2.24) is 14.7 Å². The van der Waals surface area contributed by atoms with Gasteiger partial charge in [-0.2, -0.15) is 5.10 Å². The third-order valence-corrected chi connectivity index (χ3v) is 4.83. The SMILES string of the molecule is COc1ccc(CN(C)C(=O)/C=C/c2c(C)nn(-c3ccc(F)cc3)c2Cl)cc1. The smallest absolute Gasteiger partial charge is 0.246 e. The fourth-order valence-electron chi connectivity index (χ4n) is 2.82. The van der Waals surface area contributed by atoms with E-state index < -0.39 is 0 Å². The van der Waals surface area contributed by atoms with Crippen molar-refractivity contribution in [2.24, 2.45) is 0 Å². The number of nitrogens with zero attached hydrogens (tertiary/aromatic N) is 3. The molecule has 0 N–H and O–H groups in total. The highest BCUT2D eigenvalue weighted by atomic mass is 35.5. The van der Waals surface area contributed by atoms with Crippen LogP contribution in [0, 0.1) is 12.7 Å². The fourth-order valence-corrected chi connectivity index (χ4v) is 3.15. The van der Waals surface area contributed by atoms with Gasteiger partial charge in [0.1, 0.15) is 16.7 Å². The van der Waals surface area contributed by atoms with Crippen LogP contribution in [0.4, 0.5) is 4.39 Å². The summed E-state index contributed by atoms with van der Waals surface area (Å²) in [5, 5.41) is 4.75. The summed E-state index contributed by atoms with van der Waals surface area (Å²) < 4.78 is 19.8. The Morgan fingerprint density at radius 1 is 1.21 bits per heavy atom. The van der Waals surface area contributed by atoms with Crippen molar-refractivity contribution in [3.63, 3.8) is 0 Å². The van der Waals surface area contributed by atoms with Gasteiger partial charge in [0.15, 0.2) is 0 Å². The predicted molar refractivity (Wildman–Crippen MR) is 112 cm³/mol. The van der Waals surface area contributed by atoms with Crippen LogP contribution >= 0.6 is 11.6 Å². The zero-order valence-electron chi connectivity index (χ0n) is 16.4. The number of hydrogen-bond donors (Lipinski definition) is 0. The molecule has 0 aliphatic carbocycles. The fraction of sp³-hybridized carbons (Fsp3) is 0.182. The summed E-state index contributed by atoms with van der Waals surface area (Å²) in [6.45, 7) is 2.27. The molecular formula is C22H21ClFN3O2. The second-order valence-corrected chi connectivity index (χ2v) is 6.91. The zero-order chi connectivity index (χ0) is 21.0. The van der Waals surface area contributed by atoms with E-state index in [0.717, 1.165) is 11.3 Å². The quantitative estimate of drug-likeness (QED) is 0.552. The summed E-state index contributed by atoms with van der Waals surface area (Å²) in [7, 11) is 3.34. The maximum absolute atomic E-state index is 13.1. The molecule has 150 valence electrons. The molecule has 0 bridgehead atoms. The first-order chi connectivity index (χ1) is 13.9. The molecule has 7 heteroatoms. The summed E-state index contributed by atoms with van der Waals surface area (Å²) in [5.41, 5.74) is 2.94. The van der Waals surface area contributed by atoms with Crippen molar-refractivity contribution in [2.45, 2.75) is 13.5 Å². The topological polar surface area (TPSA) is 47.4 Å². The maximum atomic E-state index is 13.1. The van der Waals surface area contributed by atoms with Gasteiger partial charge in [-0.1, -0.05) is 23.7 Å². The highest BCUT2D eigenvalue weighted by Crippen LogP contribution is 2.25. The summed E-state index contributed by atoms with van der Waals surface area (Å²) in [6, 6.07) is 13.4. The number of amides is 1. The van der Waals surface area contributed by atoms with Gasteiger partial charge in [-0.25, -0.2) is 9.07 Å². The molecule has 0 aliphatic rings. The Kier molecular flexibility index (Phi) is 6.34. The first kappa shape index (κ1) is 20.6. The molecule has 2 aromatic carbocycles. The van der Waals surface area contributed by atoms with Crippen molar-refractivity contribution < 1.29 is 13.9 Å². The van der Waals surface area contributed by atoms with E-state index in [0.29, 0.717) is 28.6 Å². The number of rotatable bonds is 6. The van der Waals surface area contributed by atoms with Crippen LogP contribution in [0.15, 0.2) is 54.6 Å². The Hall–Kier alpha value is -3.12. The minimum atomic E-state index is -0.334. The highest BCUT2D eigenvalue weighted by Gasteiger charge is 2.14. The van der Waals surface area contributed by atoms with Crippen molar-refractivity contribution in [2.75, 3.05) is 14.2 Å². The molecule has 1 aromatic heterocycles. The second-order valence-electron chi connectivity index (χ2n) is 6.55. The van der Waals surface area contributed by atoms with E-state index in [1.165, 1.54) is 22.9 Å². The Labute approximate surface area is 174 Å². The van der Waals surface area contributed by atoms with Crippen LogP contribution in [-0.2, 0) is 11.3 Å². The van der Waals surface area contributed by atoms with Gasteiger partial charge in [0, 0.05) is 25.2 Å². The highest BCUT2D eigenvalue weighted by molar-refractivity contribution is 6.31. The number of carbonyl (C=O) groups excluding carboxylic acids is 1. The predicted octanol–water partition coefficient (Wildman–Crippen LogP) is 4.65. The molecule has 0 radical (unpaired) electrons. The van der Waals surface area contributed by atoms with E-state index in [1.807, 2.05) is 24.3 Å². The van der Waals surface area contributed by atoms with Crippen molar-refractivity contribution in [3.05, 3.63) is 82.4 Å². The number of methoxy groups -OCH3 is 1. The molecular weight excluding hydrogens is 393 g/mol. The molecule has 0 saturated carbocycles. The van der Waals surface area contributed by atoms with Crippen LogP contribution < -0.4 is 4.74 Å². The van der Waals surface area contributed by atoms with Crippen molar-refractivity contribution in [1.29, 1.82) is 0 Å². The lowest BCUT2D eigenvalue weighted by molar-refractivity contribution is -0.125. The second kappa shape index (κ2) is 8.92. The normalized spacial score (nSPS) is 11.1. The average molecular weight is 414 g/mol. The molecule has 0 atom stereocenters. The molecule has 0 saturated heterocycles. The molecule has 0 spiro atoms. The van der Waals surface area contributed by atoms with Gasteiger partial charge in [-0.3, -0.25) is 4.79 Å². The molecule has 0 unspecified atom stereocenters. The number of hydrogen-bond acceptors (Lipinski definition) is 3. The lowest BCUT2D eigenvalue weighted by Gasteiger charge is -2.15. The van der Waals surface area contributed by atoms with Gasteiger partial charge < -0.3 is 9.64 Å². The van der Waals surface area contributed by atoms with Crippen molar-refractivity contribution in [3.8, 4) is 11.4 Å². The van der Waals surface area contributed by atoms with Crippen LogP contribution in [0.1, 0.15) is 16.8 Å². The number of benzene rings is 2. The third-order valence-electron chi connectivity index (χ3n) is 4.47. The molecule has 29 heavy (non-hydrogen) atoms. The monoisotopic (exact) mass is 413 g/mol. The third kappa shape index (κ3) is 4.84. The van der Waals surface area contributed by atoms with Crippen LogP contribution in [0.5, 0.6) is 5.75 Å². The number of halogens is 2. The number of ether oxygens (including phenoxy) is 1. The number of likely N-dealkylation sites (N-methyl/N-ethyl adjacent to an activating group) is 1. The van der Waals surface area contributed by atoms with Crippen LogP contribution in [0.25, 0.3) is 11.8 Å². The molecule has 0 fully saturated rings. The van der Waals surface area contributed by atoms with Crippen LogP contribution in [0.2, 0.25) is 5.15 Å².